The third-order valence-electron chi connectivity index (χ3n) is 2.78. The van der Waals surface area contributed by atoms with Crippen LogP contribution in [-0.2, 0) is 7.05 Å². The van der Waals surface area contributed by atoms with E-state index < -0.39 is 0 Å². The second-order valence-electron chi connectivity index (χ2n) is 4.27. The third kappa shape index (κ3) is 2.81. The maximum Gasteiger partial charge on any atom is 0.208 e. The molecule has 2 aromatic carbocycles. The fraction of sp³-hybridized carbons (Fsp3) is 0.0667. The van der Waals surface area contributed by atoms with E-state index in [0.29, 0.717) is 5.02 Å². The zero-order chi connectivity index (χ0) is 13.9. The summed E-state index contributed by atoms with van der Waals surface area (Å²) in [5.74, 6) is 0. The molecule has 0 atom stereocenters. The van der Waals surface area contributed by atoms with E-state index in [1.54, 1.807) is 16.0 Å². The summed E-state index contributed by atoms with van der Waals surface area (Å²) in [7, 11) is 1.90. The van der Waals surface area contributed by atoms with Gasteiger partial charge in [-0.15, -0.1) is 0 Å². The van der Waals surface area contributed by atoms with Crippen molar-refractivity contribution >= 4 is 28.6 Å². The van der Waals surface area contributed by atoms with Crippen LogP contribution in [0.2, 0.25) is 5.02 Å². The minimum atomic E-state index is 0.711. The number of hydrogen-bond acceptors (Lipinski definition) is 3. The van der Waals surface area contributed by atoms with Gasteiger partial charge in [0.15, 0.2) is 0 Å². The summed E-state index contributed by atoms with van der Waals surface area (Å²) in [4.78, 5) is 5.44. The number of aromatic nitrogens is 2. The highest BCUT2D eigenvalue weighted by atomic mass is 35.5. The zero-order valence-corrected chi connectivity index (χ0v) is 12.4. The second-order valence-corrected chi connectivity index (χ2v) is 5.66. The van der Waals surface area contributed by atoms with Gasteiger partial charge in [-0.2, -0.15) is 5.10 Å². The van der Waals surface area contributed by atoms with Crippen molar-refractivity contribution in [1.29, 1.82) is 0 Å². The van der Waals surface area contributed by atoms with Crippen LogP contribution >= 0.6 is 22.9 Å². The highest BCUT2D eigenvalue weighted by Crippen LogP contribution is 2.19. The zero-order valence-electron chi connectivity index (χ0n) is 10.8. The first kappa shape index (κ1) is 13.1. The lowest BCUT2D eigenvalue weighted by Crippen LogP contribution is -2.10. The lowest BCUT2D eigenvalue weighted by atomic mass is 10.2. The summed E-state index contributed by atoms with van der Waals surface area (Å²) in [6, 6.07) is 17.6. The average Bonchev–Trinajstić information content (AvgIpc) is 2.84. The standard InChI is InChI=1S/C15H12ClN3S/c1-19-15(17-13-9-7-12(16)8-10-13)20-14(18-19)11-5-3-2-4-6-11/h2-10H,1H3. The molecule has 3 rings (SSSR count). The van der Waals surface area contributed by atoms with Gasteiger partial charge >= 0.3 is 0 Å². The predicted octanol–water partition coefficient (Wildman–Crippen LogP) is 4.03. The van der Waals surface area contributed by atoms with Crippen LogP contribution in [0.5, 0.6) is 0 Å². The SMILES string of the molecule is Cn1nc(-c2ccccc2)sc1=Nc1ccc(Cl)cc1. The van der Waals surface area contributed by atoms with Crippen LogP contribution in [0.3, 0.4) is 0 Å². The van der Waals surface area contributed by atoms with E-state index >= 15 is 0 Å². The normalized spacial score (nSPS) is 11.8. The van der Waals surface area contributed by atoms with E-state index in [1.807, 2.05) is 61.6 Å². The van der Waals surface area contributed by atoms with Gasteiger partial charge in [-0.3, -0.25) is 0 Å². The van der Waals surface area contributed by atoms with Crippen LogP contribution in [0, 0.1) is 0 Å². The predicted molar refractivity (Wildman–Crippen MR) is 83.2 cm³/mol. The van der Waals surface area contributed by atoms with Crippen molar-refractivity contribution in [1.82, 2.24) is 9.78 Å². The summed E-state index contributed by atoms with van der Waals surface area (Å²) in [5.41, 5.74) is 1.97. The highest BCUT2D eigenvalue weighted by Gasteiger charge is 2.04. The maximum atomic E-state index is 5.87. The molecule has 0 spiro atoms. The van der Waals surface area contributed by atoms with Gasteiger partial charge in [0, 0.05) is 17.6 Å². The van der Waals surface area contributed by atoms with Crippen LogP contribution in [0.4, 0.5) is 5.69 Å². The van der Waals surface area contributed by atoms with E-state index in [1.165, 1.54) is 0 Å². The molecule has 0 saturated carbocycles. The summed E-state index contributed by atoms with van der Waals surface area (Å²) >= 11 is 7.44. The van der Waals surface area contributed by atoms with Gasteiger partial charge in [0.2, 0.25) is 4.80 Å². The van der Waals surface area contributed by atoms with Crippen LogP contribution in [0.15, 0.2) is 59.6 Å². The van der Waals surface area contributed by atoms with Crippen molar-refractivity contribution in [2.45, 2.75) is 0 Å². The Balaban J connectivity index is 2.03. The van der Waals surface area contributed by atoms with Crippen LogP contribution in [0.25, 0.3) is 10.6 Å². The molecule has 5 heteroatoms. The number of nitrogens with zero attached hydrogens (tertiary/aromatic N) is 3. The molecule has 1 aromatic heterocycles. The quantitative estimate of drug-likeness (QED) is 0.703. The van der Waals surface area contributed by atoms with Crippen LogP contribution in [-0.4, -0.2) is 9.78 Å². The van der Waals surface area contributed by atoms with Gasteiger partial charge in [-0.05, 0) is 24.3 Å². The molecule has 0 fully saturated rings. The number of rotatable bonds is 2. The number of aryl methyl sites for hydroxylation is 1. The number of halogens is 1. The van der Waals surface area contributed by atoms with E-state index in [-0.39, 0.29) is 0 Å². The Morgan fingerprint density at radius 2 is 1.75 bits per heavy atom. The van der Waals surface area contributed by atoms with Crippen LogP contribution in [0.1, 0.15) is 0 Å². The first-order valence-corrected chi connectivity index (χ1v) is 7.32. The van der Waals surface area contributed by atoms with E-state index in [0.717, 1.165) is 21.1 Å². The van der Waals surface area contributed by atoms with Gasteiger partial charge in [0.05, 0.1) is 5.69 Å². The Morgan fingerprint density at radius 1 is 1.05 bits per heavy atom. The van der Waals surface area contributed by atoms with Gasteiger partial charge in [-0.1, -0.05) is 53.3 Å². The third-order valence-corrected chi connectivity index (χ3v) is 4.08. The molecule has 0 radical (unpaired) electrons. The minimum Gasteiger partial charge on any atom is -0.241 e. The largest absolute Gasteiger partial charge is 0.241 e. The fourth-order valence-electron chi connectivity index (χ4n) is 1.77. The van der Waals surface area contributed by atoms with Gasteiger partial charge < -0.3 is 0 Å². The molecule has 0 aliphatic heterocycles. The van der Waals surface area contributed by atoms with Crippen molar-refractivity contribution in [2.24, 2.45) is 12.0 Å². The molecule has 0 N–H and O–H groups in total. The molecule has 20 heavy (non-hydrogen) atoms. The van der Waals surface area contributed by atoms with E-state index in [9.17, 15) is 0 Å². The number of benzene rings is 2. The number of hydrogen-bond donors (Lipinski definition) is 0. The molecule has 0 amide bonds. The molecule has 0 unspecified atom stereocenters. The second kappa shape index (κ2) is 5.61. The summed E-state index contributed by atoms with van der Waals surface area (Å²) in [6.45, 7) is 0. The van der Waals surface area contributed by atoms with Gasteiger partial charge in [-0.25, -0.2) is 9.67 Å². The van der Waals surface area contributed by atoms with E-state index in [4.69, 9.17) is 11.6 Å². The summed E-state index contributed by atoms with van der Waals surface area (Å²) < 4.78 is 1.79. The molecule has 3 aromatic rings. The van der Waals surface area contributed by atoms with Crippen molar-refractivity contribution in [3.05, 3.63) is 64.4 Å². The lowest BCUT2D eigenvalue weighted by molar-refractivity contribution is 0.732. The first-order chi connectivity index (χ1) is 9.72. The Bertz CT molecular complexity index is 773. The monoisotopic (exact) mass is 301 g/mol. The average molecular weight is 302 g/mol. The Hall–Kier alpha value is -1.91. The lowest BCUT2D eigenvalue weighted by Gasteiger charge is -1.92. The smallest absolute Gasteiger partial charge is 0.208 e. The van der Waals surface area contributed by atoms with Crippen LogP contribution < -0.4 is 4.80 Å². The highest BCUT2D eigenvalue weighted by molar-refractivity contribution is 7.12. The van der Waals surface area contributed by atoms with Crippen molar-refractivity contribution in [3.8, 4) is 10.6 Å². The fourth-order valence-corrected chi connectivity index (χ4v) is 2.81. The topological polar surface area (TPSA) is 30.2 Å². The Labute approximate surface area is 125 Å². The minimum absolute atomic E-state index is 0.711. The molecule has 0 aliphatic carbocycles. The molecule has 0 saturated heterocycles. The molecular formula is C15H12ClN3S. The Morgan fingerprint density at radius 3 is 2.45 bits per heavy atom. The van der Waals surface area contributed by atoms with E-state index in [2.05, 4.69) is 10.1 Å². The molecule has 0 aliphatic rings. The summed E-state index contributed by atoms with van der Waals surface area (Å²) in [5, 5.41) is 6.18. The maximum absolute atomic E-state index is 5.87. The first-order valence-electron chi connectivity index (χ1n) is 6.12. The van der Waals surface area contributed by atoms with Gasteiger partial charge in [0.1, 0.15) is 5.01 Å². The van der Waals surface area contributed by atoms with Gasteiger partial charge in [0.25, 0.3) is 0 Å². The molecule has 100 valence electrons. The van der Waals surface area contributed by atoms with Crippen molar-refractivity contribution < 1.29 is 0 Å². The van der Waals surface area contributed by atoms with Crippen molar-refractivity contribution in [3.63, 3.8) is 0 Å². The molecule has 1 heterocycles. The van der Waals surface area contributed by atoms with Crippen molar-refractivity contribution in [2.75, 3.05) is 0 Å². The Kier molecular flexibility index (Phi) is 3.67. The molecule has 0 bridgehead atoms. The molecular weight excluding hydrogens is 290 g/mol. The molecule has 3 nitrogen and oxygen atoms in total. The summed E-state index contributed by atoms with van der Waals surface area (Å²) in [6.07, 6.45) is 0.